The minimum Gasteiger partial charge on any atom is -0.467 e. The number of hydrogen-bond donors (Lipinski definition) is 1. The number of esters is 1. The molecule has 3 atom stereocenters. The molecule has 1 rings (SSSR count). The van der Waals surface area contributed by atoms with Gasteiger partial charge < -0.3 is 15.4 Å². The molecule has 1 saturated heterocycles. The van der Waals surface area contributed by atoms with Crippen LogP contribution in [0.15, 0.2) is 0 Å². The molecule has 1 fully saturated rings. The summed E-state index contributed by atoms with van der Waals surface area (Å²) in [4.78, 5) is 35.7. The van der Waals surface area contributed by atoms with Crippen molar-refractivity contribution < 1.29 is 19.1 Å². The minimum atomic E-state index is -0.760. The van der Waals surface area contributed by atoms with Gasteiger partial charge in [0.05, 0.1) is 12.5 Å². The second kappa shape index (κ2) is 5.81. The van der Waals surface area contributed by atoms with Crippen molar-refractivity contribution in [1.29, 1.82) is 0 Å². The molecule has 0 bridgehead atoms. The van der Waals surface area contributed by atoms with Crippen molar-refractivity contribution in [3.05, 3.63) is 0 Å². The van der Waals surface area contributed by atoms with E-state index in [0.29, 0.717) is 6.41 Å². The Hall–Kier alpha value is -1.24. The van der Waals surface area contributed by atoms with E-state index in [0.717, 1.165) is 0 Å². The highest BCUT2D eigenvalue weighted by molar-refractivity contribution is 8.00. The smallest absolute Gasteiger partial charge is 0.329 e. The summed E-state index contributed by atoms with van der Waals surface area (Å²) in [5, 5.41) is -0.558. The highest BCUT2D eigenvalue weighted by Crippen LogP contribution is 2.45. The Labute approximate surface area is 117 Å². The lowest BCUT2D eigenvalue weighted by Gasteiger charge is -2.33. The Kier molecular flexibility index (Phi) is 4.84. The largest absolute Gasteiger partial charge is 0.467 e. The van der Waals surface area contributed by atoms with E-state index in [-0.39, 0.29) is 22.5 Å². The molecular formula is C12H20N2O4S. The van der Waals surface area contributed by atoms with E-state index >= 15 is 0 Å². The van der Waals surface area contributed by atoms with Crippen molar-refractivity contribution in [3.63, 3.8) is 0 Å². The maximum Gasteiger partial charge on any atom is 0.329 e. The number of nitrogens with two attached hydrogens (primary N) is 1. The van der Waals surface area contributed by atoms with Gasteiger partial charge in [0.2, 0.25) is 12.3 Å². The molecule has 0 aromatic carbocycles. The van der Waals surface area contributed by atoms with Crippen molar-refractivity contribution in [1.82, 2.24) is 4.90 Å². The number of amides is 2. The molecule has 7 heteroatoms. The summed E-state index contributed by atoms with van der Waals surface area (Å²) >= 11 is 1.42. The fourth-order valence-corrected chi connectivity index (χ4v) is 3.89. The van der Waals surface area contributed by atoms with E-state index in [4.69, 9.17) is 10.5 Å². The lowest BCUT2D eigenvalue weighted by atomic mass is 9.94. The van der Waals surface area contributed by atoms with Crippen molar-refractivity contribution in [3.8, 4) is 0 Å². The molecule has 6 nitrogen and oxygen atoms in total. The van der Waals surface area contributed by atoms with E-state index in [9.17, 15) is 14.4 Å². The van der Waals surface area contributed by atoms with Gasteiger partial charge in [-0.3, -0.25) is 9.59 Å². The first-order chi connectivity index (χ1) is 8.72. The van der Waals surface area contributed by atoms with E-state index in [1.165, 1.54) is 23.8 Å². The van der Waals surface area contributed by atoms with Gasteiger partial charge >= 0.3 is 5.97 Å². The van der Waals surface area contributed by atoms with E-state index < -0.39 is 17.9 Å². The summed E-state index contributed by atoms with van der Waals surface area (Å²) in [7, 11) is 1.27. The second-order valence-corrected chi connectivity index (χ2v) is 6.91. The zero-order valence-electron chi connectivity index (χ0n) is 11.6. The molecule has 0 spiro atoms. The molecule has 1 heterocycles. The first kappa shape index (κ1) is 15.8. The molecule has 108 valence electrons. The van der Waals surface area contributed by atoms with Gasteiger partial charge in [-0.2, -0.15) is 0 Å². The summed E-state index contributed by atoms with van der Waals surface area (Å²) in [6, 6.07) is -0.760. The average molecular weight is 288 g/mol. The minimum absolute atomic E-state index is 0.0430. The zero-order chi connectivity index (χ0) is 14.8. The lowest BCUT2D eigenvalue weighted by Crippen LogP contribution is -2.47. The van der Waals surface area contributed by atoms with Gasteiger partial charge in [-0.1, -0.05) is 20.8 Å². The maximum atomic E-state index is 11.9. The van der Waals surface area contributed by atoms with E-state index in [1.54, 1.807) is 0 Å². The van der Waals surface area contributed by atoms with E-state index in [2.05, 4.69) is 0 Å². The quantitative estimate of drug-likeness (QED) is 0.595. The highest BCUT2D eigenvalue weighted by Gasteiger charge is 2.50. The van der Waals surface area contributed by atoms with Crippen LogP contribution >= 0.6 is 11.8 Å². The second-order valence-electron chi connectivity index (χ2n) is 5.58. The molecule has 0 aromatic rings. The van der Waals surface area contributed by atoms with Crippen LogP contribution in [0.25, 0.3) is 0 Å². The van der Waals surface area contributed by atoms with Crippen molar-refractivity contribution in [2.75, 3.05) is 7.11 Å². The van der Waals surface area contributed by atoms with Gasteiger partial charge in [-0.05, 0) is 5.41 Å². The zero-order valence-corrected chi connectivity index (χ0v) is 12.4. The Morgan fingerprint density at radius 2 is 2.00 bits per heavy atom. The van der Waals surface area contributed by atoms with Crippen LogP contribution in [0.5, 0.6) is 0 Å². The van der Waals surface area contributed by atoms with Gasteiger partial charge in [-0.15, -0.1) is 11.8 Å². The molecule has 2 N–H and O–H groups in total. The Bertz CT molecular complexity index is 380. The Balaban J connectivity index is 3.08. The molecule has 0 unspecified atom stereocenters. The third-order valence-corrected chi connectivity index (χ3v) is 4.94. The number of rotatable bonds is 4. The van der Waals surface area contributed by atoms with Crippen LogP contribution in [0, 0.1) is 5.41 Å². The number of ether oxygens (including phenoxy) is 1. The molecule has 0 radical (unpaired) electrons. The van der Waals surface area contributed by atoms with Gasteiger partial charge in [0.25, 0.3) is 0 Å². The SMILES string of the molecule is COC(=O)[C@@H]1[C@@H](CC(N)=O)S[C@H](C(C)(C)C)N1C=O. The van der Waals surface area contributed by atoms with E-state index in [1.807, 2.05) is 20.8 Å². The van der Waals surface area contributed by atoms with Crippen LogP contribution in [0.4, 0.5) is 0 Å². The first-order valence-corrected chi connectivity index (χ1v) is 6.91. The fraction of sp³-hybridized carbons (Fsp3) is 0.750. The van der Waals surface area contributed by atoms with Crippen molar-refractivity contribution in [2.45, 2.75) is 43.9 Å². The molecule has 0 aliphatic carbocycles. The third-order valence-electron chi connectivity index (χ3n) is 2.96. The van der Waals surface area contributed by atoms with Crippen LogP contribution in [0.2, 0.25) is 0 Å². The standard InChI is InChI=1S/C12H20N2O4S/c1-12(2,3)11-14(6-15)9(10(17)18-4)7(19-11)5-8(13)16/h6-7,9,11H,5H2,1-4H3,(H2,13,16)/t7-,9+,11-/m1/s1. The predicted octanol–water partition coefficient (Wildman–Crippen LogP) is 0.349. The number of methoxy groups -OCH3 is 1. The molecule has 1 aliphatic heterocycles. The van der Waals surface area contributed by atoms with Crippen molar-refractivity contribution in [2.24, 2.45) is 11.1 Å². The average Bonchev–Trinajstić information content (AvgIpc) is 2.65. The number of carbonyl (C=O) groups is 3. The summed E-state index contributed by atoms with van der Waals surface area (Å²) < 4.78 is 4.73. The predicted molar refractivity (Wildman–Crippen MR) is 72.1 cm³/mol. The number of thioether (sulfide) groups is 1. The van der Waals surface area contributed by atoms with Crippen LogP contribution in [-0.4, -0.2) is 47.0 Å². The van der Waals surface area contributed by atoms with Gasteiger partial charge in [0.15, 0.2) is 0 Å². The molecule has 0 saturated carbocycles. The molecule has 1 aliphatic rings. The summed E-state index contributed by atoms with van der Waals surface area (Å²) in [5.74, 6) is -1.01. The monoisotopic (exact) mass is 288 g/mol. The molecule has 2 amide bonds. The fourth-order valence-electron chi connectivity index (χ4n) is 2.17. The maximum absolute atomic E-state index is 11.9. The number of carbonyl (C=O) groups excluding carboxylic acids is 3. The number of primary amides is 1. The lowest BCUT2D eigenvalue weighted by molar-refractivity contribution is -0.150. The number of hydrogen-bond acceptors (Lipinski definition) is 5. The summed E-state index contributed by atoms with van der Waals surface area (Å²) in [5.41, 5.74) is 4.99. The van der Waals surface area contributed by atoms with Gasteiger partial charge in [-0.25, -0.2) is 4.79 Å². The molecule has 0 aromatic heterocycles. The topological polar surface area (TPSA) is 89.7 Å². The van der Waals surface area contributed by atoms with Gasteiger partial charge in [0, 0.05) is 11.7 Å². The highest BCUT2D eigenvalue weighted by atomic mass is 32.2. The van der Waals surface area contributed by atoms with Crippen LogP contribution in [0.1, 0.15) is 27.2 Å². The van der Waals surface area contributed by atoms with Gasteiger partial charge in [0.1, 0.15) is 6.04 Å². The third kappa shape index (κ3) is 3.40. The Morgan fingerprint density at radius 3 is 2.37 bits per heavy atom. The van der Waals surface area contributed by atoms with Crippen molar-refractivity contribution >= 4 is 30.0 Å². The van der Waals surface area contributed by atoms with Crippen LogP contribution in [-0.2, 0) is 19.1 Å². The summed E-state index contributed by atoms with van der Waals surface area (Å²) in [6.07, 6.45) is 0.687. The number of nitrogens with zero attached hydrogens (tertiary/aromatic N) is 1. The molecule has 19 heavy (non-hydrogen) atoms. The van der Waals surface area contributed by atoms with Crippen LogP contribution < -0.4 is 5.73 Å². The summed E-state index contributed by atoms with van der Waals surface area (Å²) in [6.45, 7) is 5.92. The normalized spacial score (nSPS) is 27.2. The van der Waals surface area contributed by atoms with Crippen LogP contribution in [0.3, 0.4) is 0 Å². The first-order valence-electron chi connectivity index (χ1n) is 5.96. The molecular weight excluding hydrogens is 268 g/mol. The Morgan fingerprint density at radius 1 is 1.42 bits per heavy atom.